The summed E-state index contributed by atoms with van der Waals surface area (Å²) in [4.78, 5) is 3.73. The summed E-state index contributed by atoms with van der Waals surface area (Å²) in [5, 5.41) is 0. The van der Waals surface area contributed by atoms with Gasteiger partial charge >= 0.3 is 0 Å². The van der Waals surface area contributed by atoms with Gasteiger partial charge in [0.05, 0.1) is 6.20 Å². The Balaban J connectivity index is 2.30. The molecular weight excluding hydrogens is 195 g/mol. The first-order valence-corrected chi connectivity index (χ1v) is 5.19. The van der Waals surface area contributed by atoms with Crippen molar-refractivity contribution in [3.8, 4) is 0 Å². The highest BCUT2D eigenvalue weighted by molar-refractivity contribution is 5.23. The van der Waals surface area contributed by atoms with Crippen LogP contribution in [0, 0.1) is 5.82 Å². The molecule has 4 heteroatoms. The summed E-state index contributed by atoms with van der Waals surface area (Å²) in [6, 6.07) is 1.67. The van der Waals surface area contributed by atoms with E-state index in [9.17, 15) is 4.39 Å². The fraction of sp³-hybridized carbons (Fsp3) is 0.545. The van der Waals surface area contributed by atoms with Gasteiger partial charge in [-0.2, -0.15) is 0 Å². The van der Waals surface area contributed by atoms with Crippen LogP contribution < -0.4 is 5.73 Å². The number of hydrogen-bond acceptors (Lipinski definition) is 3. The molecule has 15 heavy (non-hydrogen) atoms. The second-order valence-electron chi connectivity index (χ2n) is 3.98. The van der Waals surface area contributed by atoms with Crippen LogP contribution in [-0.4, -0.2) is 18.2 Å². The molecule has 1 aliphatic rings. The van der Waals surface area contributed by atoms with Gasteiger partial charge in [0.25, 0.3) is 0 Å². The molecule has 1 aliphatic heterocycles. The maximum Gasteiger partial charge on any atom is 0.146 e. The Bertz CT molecular complexity index is 335. The molecule has 0 bridgehead atoms. The molecule has 0 radical (unpaired) electrons. The molecular formula is C11H15FN2O. The van der Waals surface area contributed by atoms with Gasteiger partial charge in [0.2, 0.25) is 0 Å². The topological polar surface area (TPSA) is 48.1 Å². The van der Waals surface area contributed by atoms with Crippen molar-refractivity contribution in [2.75, 3.05) is 13.2 Å². The van der Waals surface area contributed by atoms with Crippen molar-refractivity contribution < 1.29 is 9.13 Å². The SMILES string of the molecule is NC1(c2ccncc2F)CCCOCC1. The summed E-state index contributed by atoms with van der Waals surface area (Å²) in [6.07, 6.45) is 5.09. The van der Waals surface area contributed by atoms with E-state index in [1.54, 1.807) is 12.3 Å². The quantitative estimate of drug-likeness (QED) is 0.765. The summed E-state index contributed by atoms with van der Waals surface area (Å²) in [7, 11) is 0. The molecule has 2 rings (SSSR count). The smallest absolute Gasteiger partial charge is 0.146 e. The van der Waals surface area contributed by atoms with Crippen LogP contribution in [-0.2, 0) is 10.3 Å². The number of halogens is 1. The number of ether oxygens (including phenoxy) is 1. The van der Waals surface area contributed by atoms with Crippen LogP contribution in [0.4, 0.5) is 4.39 Å². The lowest BCUT2D eigenvalue weighted by atomic mass is 9.84. The van der Waals surface area contributed by atoms with E-state index in [-0.39, 0.29) is 5.82 Å². The van der Waals surface area contributed by atoms with Crippen molar-refractivity contribution in [1.29, 1.82) is 0 Å². The first-order chi connectivity index (χ1) is 7.22. The van der Waals surface area contributed by atoms with Gasteiger partial charge in [-0.25, -0.2) is 4.39 Å². The first-order valence-electron chi connectivity index (χ1n) is 5.19. The van der Waals surface area contributed by atoms with E-state index < -0.39 is 5.54 Å². The lowest BCUT2D eigenvalue weighted by Gasteiger charge is -2.28. The van der Waals surface area contributed by atoms with Crippen LogP contribution in [0.1, 0.15) is 24.8 Å². The predicted molar refractivity (Wildman–Crippen MR) is 54.7 cm³/mol. The van der Waals surface area contributed by atoms with E-state index in [0.29, 0.717) is 25.2 Å². The number of nitrogens with two attached hydrogens (primary N) is 1. The molecule has 82 valence electrons. The zero-order valence-electron chi connectivity index (χ0n) is 8.58. The van der Waals surface area contributed by atoms with Gasteiger partial charge in [0, 0.05) is 30.5 Å². The Morgan fingerprint density at radius 2 is 2.27 bits per heavy atom. The van der Waals surface area contributed by atoms with Crippen LogP contribution >= 0.6 is 0 Å². The monoisotopic (exact) mass is 210 g/mol. The number of hydrogen-bond donors (Lipinski definition) is 1. The average Bonchev–Trinajstić information content (AvgIpc) is 2.44. The van der Waals surface area contributed by atoms with E-state index >= 15 is 0 Å². The summed E-state index contributed by atoms with van der Waals surface area (Å²) < 4.78 is 18.9. The van der Waals surface area contributed by atoms with E-state index in [1.165, 1.54) is 6.20 Å². The van der Waals surface area contributed by atoms with Crippen LogP contribution in [0.25, 0.3) is 0 Å². The second kappa shape index (κ2) is 4.24. The Hall–Kier alpha value is -1.00. The zero-order valence-corrected chi connectivity index (χ0v) is 8.58. The highest BCUT2D eigenvalue weighted by atomic mass is 19.1. The van der Waals surface area contributed by atoms with E-state index in [1.807, 2.05) is 0 Å². The molecule has 1 unspecified atom stereocenters. The van der Waals surface area contributed by atoms with Crippen molar-refractivity contribution in [2.24, 2.45) is 5.73 Å². The fourth-order valence-electron chi connectivity index (χ4n) is 2.02. The lowest BCUT2D eigenvalue weighted by Crippen LogP contribution is -2.37. The number of pyridine rings is 1. The minimum absolute atomic E-state index is 0.318. The third kappa shape index (κ3) is 2.16. The minimum Gasteiger partial charge on any atom is -0.381 e. The summed E-state index contributed by atoms with van der Waals surface area (Å²) in [6.45, 7) is 1.31. The van der Waals surface area contributed by atoms with E-state index in [0.717, 1.165) is 12.8 Å². The normalized spacial score (nSPS) is 27.3. The van der Waals surface area contributed by atoms with Gasteiger partial charge in [-0.3, -0.25) is 4.98 Å². The van der Waals surface area contributed by atoms with Gasteiger partial charge in [-0.05, 0) is 25.3 Å². The first kappa shape index (κ1) is 10.5. The van der Waals surface area contributed by atoms with Crippen LogP contribution in [0.15, 0.2) is 18.5 Å². The molecule has 0 spiro atoms. The Labute approximate surface area is 88.5 Å². The van der Waals surface area contributed by atoms with E-state index in [4.69, 9.17) is 10.5 Å². The molecule has 0 amide bonds. The van der Waals surface area contributed by atoms with Crippen molar-refractivity contribution >= 4 is 0 Å². The maximum atomic E-state index is 13.6. The molecule has 0 saturated carbocycles. The standard InChI is InChI=1S/C11H15FN2O/c12-10-8-14-5-2-9(10)11(13)3-1-6-15-7-4-11/h2,5,8H,1,3-4,6-7,13H2. The highest BCUT2D eigenvalue weighted by Gasteiger charge is 2.31. The Morgan fingerprint density at radius 3 is 3.07 bits per heavy atom. The lowest BCUT2D eigenvalue weighted by molar-refractivity contribution is 0.139. The van der Waals surface area contributed by atoms with Crippen molar-refractivity contribution in [3.63, 3.8) is 0 Å². The van der Waals surface area contributed by atoms with Crippen LogP contribution in [0.5, 0.6) is 0 Å². The van der Waals surface area contributed by atoms with Gasteiger partial charge in [-0.15, -0.1) is 0 Å². The van der Waals surface area contributed by atoms with Gasteiger partial charge in [0.15, 0.2) is 0 Å². The molecule has 0 aliphatic carbocycles. The fourth-order valence-corrected chi connectivity index (χ4v) is 2.02. The van der Waals surface area contributed by atoms with Gasteiger partial charge in [-0.1, -0.05) is 0 Å². The summed E-state index contributed by atoms with van der Waals surface area (Å²) in [5.74, 6) is -0.318. The molecule has 2 N–H and O–H groups in total. The number of rotatable bonds is 1. The molecule has 3 nitrogen and oxygen atoms in total. The largest absolute Gasteiger partial charge is 0.381 e. The molecule has 1 aromatic heterocycles. The van der Waals surface area contributed by atoms with Crippen molar-refractivity contribution in [2.45, 2.75) is 24.8 Å². The zero-order chi connectivity index (χ0) is 10.7. The summed E-state index contributed by atoms with van der Waals surface area (Å²) in [5.41, 5.74) is 6.20. The number of nitrogens with zero attached hydrogens (tertiary/aromatic N) is 1. The average molecular weight is 210 g/mol. The highest BCUT2D eigenvalue weighted by Crippen LogP contribution is 2.30. The third-order valence-electron chi connectivity index (χ3n) is 2.91. The minimum atomic E-state index is -0.594. The van der Waals surface area contributed by atoms with Crippen molar-refractivity contribution in [3.05, 3.63) is 29.8 Å². The maximum absolute atomic E-state index is 13.6. The van der Waals surface area contributed by atoms with Crippen LogP contribution in [0.2, 0.25) is 0 Å². The molecule has 1 fully saturated rings. The molecule has 0 aromatic carbocycles. The third-order valence-corrected chi connectivity index (χ3v) is 2.91. The van der Waals surface area contributed by atoms with Gasteiger partial charge in [0.1, 0.15) is 5.82 Å². The molecule has 1 atom stereocenters. The second-order valence-corrected chi connectivity index (χ2v) is 3.98. The van der Waals surface area contributed by atoms with Crippen molar-refractivity contribution in [1.82, 2.24) is 4.98 Å². The number of aromatic nitrogens is 1. The molecule has 1 aromatic rings. The Morgan fingerprint density at radius 1 is 1.40 bits per heavy atom. The summed E-state index contributed by atoms with van der Waals surface area (Å²) >= 11 is 0. The predicted octanol–water partition coefficient (Wildman–Crippen LogP) is 1.58. The molecule has 2 heterocycles. The van der Waals surface area contributed by atoms with Crippen LogP contribution in [0.3, 0.4) is 0 Å². The Kier molecular flexibility index (Phi) is 2.98. The van der Waals surface area contributed by atoms with E-state index in [2.05, 4.69) is 4.98 Å². The van der Waals surface area contributed by atoms with Gasteiger partial charge < -0.3 is 10.5 Å². The molecule has 1 saturated heterocycles.